The first-order valence-electron chi connectivity index (χ1n) is 3.69. The van der Waals surface area contributed by atoms with Crippen molar-refractivity contribution >= 4 is 0 Å². The van der Waals surface area contributed by atoms with Crippen molar-refractivity contribution in [1.29, 1.82) is 0 Å². The number of allylic oxidation sites excluding steroid dienone is 1. The maximum Gasteiger partial charge on any atom is 0.121 e. The lowest BCUT2D eigenvalue weighted by atomic mass is 9.86. The standard InChI is InChI=1S/C8H14O2/c1-7-5-3-4-6-8(7,2)10-9/h5,9H,3-4,6H2,1-2H3. The third-order valence-corrected chi connectivity index (χ3v) is 2.34. The van der Waals surface area contributed by atoms with Crippen LogP contribution in [-0.4, -0.2) is 10.9 Å². The maximum absolute atomic E-state index is 8.58. The Balaban J connectivity index is 2.74. The van der Waals surface area contributed by atoms with Gasteiger partial charge in [-0.25, -0.2) is 4.89 Å². The lowest BCUT2D eigenvalue weighted by Crippen LogP contribution is -2.30. The van der Waals surface area contributed by atoms with E-state index in [-0.39, 0.29) is 0 Å². The van der Waals surface area contributed by atoms with Crippen molar-refractivity contribution in [2.24, 2.45) is 0 Å². The van der Waals surface area contributed by atoms with Crippen molar-refractivity contribution in [3.63, 3.8) is 0 Å². The lowest BCUT2D eigenvalue weighted by Gasteiger charge is -2.29. The van der Waals surface area contributed by atoms with E-state index in [2.05, 4.69) is 11.0 Å². The average molecular weight is 142 g/mol. The zero-order chi connectivity index (χ0) is 7.61. The van der Waals surface area contributed by atoms with Gasteiger partial charge in [-0.2, -0.15) is 0 Å². The quantitative estimate of drug-likeness (QED) is 0.346. The van der Waals surface area contributed by atoms with Gasteiger partial charge in [0.15, 0.2) is 0 Å². The zero-order valence-electron chi connectivity index (χ0n) is 6.55. The Morgan fingerprint density at radius 1 is 1.70 bits per heavy atom. The summed E-state index contributed by atoms with van der Waals surface area (Å²) in [7, 11) is 0. The summed E-state index contributed by atoms with van der Waals surface area (Å²) in [5.41, 5.74) is 0.736. The minimum Gasteiger partial charge on any atom is -0.251 e. The van der Waals surface area contributed by atoms with Crippen LogP contribution in [0.3, 0.4) is 0 Å². The van der Waals surface area contributed by atoms with Gasteiger partial charge in [-0.05, 0) is 38.7 Å². The average Bonchev–Trinajstić information content (AvgIpc) is 1.96. The molecule has 0 aliphatic heterocycles. The molecule has 1 unspecified atom stereocenters. The summed E-state index contributed by atoms with van der Waals surface area (Å²) in [5, 5.41) is 8.58. The second kappa shape index (κ2) is 2.72. The van der Waals surface area contributed by atoms with Gasteiger partial charge in [0.1, 0.15) is 5.60 Å². The van der Waals surface area contributed by atoms with Crippen LogP contribution in [0.25, 0.3) is 0 Å². The van der Waals surface area contributed by atoms with Gasteiger partial charge < -0.3 is 0 Å². The minimum atomic E-state index is -0.405. The molecule has 1 aliphatic carbocycles. The molecule has 1 N–H and O–H groups in total. The Kier molecular flexibility index (Phi) is 2.11. The van der Waals surface area contributed by atoms with Gasteiger partial charge in [0.2, 0.25) is 0 Å². The molecule has 1 atom stereocenters. The molecule has 10 heavy (non-hydrogen) atoms. The van der Waals surface area contributed by atoms with Crippen molar-refractivity contribution in [3.05, 3.63) is 11.6 Å². The highest BCUT2D eigenvalue weighted by Gasteiger charge is 2.29. The number of hydrogen-bond donors (Lipinski definition) is 1. The molecule has 1 aliphatic rings. The highest BCUT2D eigenvalue weighted by molar-refractivity contribution is 5.15. The van der Waals surface area contributed by atoms with Crippen LogP contribution in [0, 0.1) is 0 Å². The minimum absolute atomic E-state index is 0.405. The molecule has 0 amide bonds. The fourth-order valence-corrected chi connectivity index (χ4v) is 1.29. The van der Waals surface area contributed by atoms with E-state index in [1.165, 1.54) is 0 Å². The Labute approximate surface area is 61.4 Å². The largest absolute Gasteiger partial charge is 0.251 e. The predicted molar refractivity (Wildman–Crippen MR) is 39.7 cm³/mol. The third kappa shape index (κ3) is 1.22. The zero-order valence-corrected chi connectivity index (χ0v) is 6.55. The molecular formula is C8H14O2. The summed E-state index contributed by atoms with van der Waals surface area (Å²) in [6.45, 7) is 3.91. The van der Waals surface area contributed by atoms with Crippen LogP contribution in [0.15, 0.2) is 11.6 Å². The van der Waals surface area contributed by atoms with Gasteiger partial charge in [-0.15, -0.1) is 0 Å². The van der Waals surface area contributed by atoms with E-state index in [1.807, 2.05) is 13.8 Å². The Bertz CT molecular complexity index is 151. The van der Waals surface area contributed by atoms with E-state index in [4.69, 9.17) is 5.26 Å². The summed E-state index contributed by atoms with van der Waals surface area (Å²) in [4.78, 5) is 4.42. The fourth-order valence-electron chi connectivity index (χ4n) is 1.29. The molecule has 0 saturated heterocycles. The Hall–Kier alpha value is -0.340. The van der Waals surface area contributed by atoms with Crippen molar-refractivity contribution < 1.29 is 10.1 Å². The van der Waals surface area contributed by atoms with E-state index in [0.717, 1.165) is 24.8 Å². The summed E-state index contributed by atoms with van der Waals surface area (Å²) in [5.74, 6) is 0. The topological polar surface area (TPSA) is 29.5 Å². The van der Waals surface area contributed by atoms with E-state index in [9.17, 15) is 0 Å². The summed E-state index contributed by atoms with van der Waals surface area (Å²) in [6.07, 6.45) is 5.27. The molecule has 1 rings (SSSR count). The van der Waals surface area contributed by atoms with Gasteiger partial charge >= 0.3 is 0 Å². The summed E-state index contributed by atoms with van der Waals surface area (Å²) in [6, 6.07) is 0. The van der Waals surface area contributed by atoms with Crippen LogP contribution in [0.4, 0.5) is 0 Å². The monoisotopic (exact) mass is 142 g/mol. The molecule has 0 aromatic carbocycles. The summed E-state index contributed by atoms with van der Waals surface area (Å²) < 4.78 is 0. The van der Waals surface area contributed by atoms with Gasteiger partial charge in [-0.1, -0.05) is 6.08 Å². The third-order valence-electron chi connectivity index (χ3n) is 2.34. The first-order chi connectivity index (χ1) is 4.69. The second-order valence-electron chi connectivity index (χ2n) is 3.10. The molecule has 0 radical (unpaired) electrons. The molecule has 0 spiro atoms. The van der Waals surface area contributed by atoms with E-state index < -0.39 is 5.60 Å². The van der Waals surface area contributed by atoms with Crippen LogP contribution in [0.2, 0.25) is 0 Å². The molecule has 0 saturated carbocycles. The van der Waals surface area contributed by atoms with Crippen molar-refractivity contribution in [2.75, 3.05) is 0 Å². The molecule has 2 nitrogen and oxygen atoms in total. The highest BCUT2D eigenvalue weighted by atomic mass is 17.1. The Morgan fingerprint density at radius 2 is 2.40 bits per heavy atom. The molecule has 0 aromatic heterocycles. The predicted octanol–water partition coefficient (Wildman–Crippen LogP) is 2.36. The molecule has 58 valence electrons. The number of hydrogen-bond acceptors (Lipinski definition) is 2. The van der Waals surface area contributed by atoms with Crippen LogP contribution >= 0.6 is 0 Å². The molecular weight excluding hydrogens is 128 g/mol. The number of rotatable bonds is 1. The van der Waals surface area contributed by atoms with Gasteiger partial charge in [0, 0.05) is 0 Å². The van der Waals surface area contributed by atoms with E-state index >= 15 is 0 Å². The van der Waals surface area contributed by atoms with Crippen molar-refractivity contribution in [3.8, 4) is 0 Å². The van der Waals surface area contributed by atoms with Crippen LogP contribution in [0.5, 0.6) is 0 Å². The molecule has 0 heterocycles. The normalized spacial score (nSPS) is 33.7. The van der Waals surface area contributed by atoms with E-state index in [0.29, 0.717) is 0 Å². The highest BCUT2D eigenvalue weighted by Crippen LogP contribution is 2.30. The summed E-state index contributed by atoms with van der Waals surface area (Å²) >= 11 is 0. The van der Waals surface area contributed by atoms with Gasteiger partial charge in [0.25, 0.3) is 0 Å². The Morgan fingerprint density at radius 3 is 2.80 bits per heavy atom. The van der Waals surface area contributed by atoms with Gasteiger partial charge in [0.05, 0.1) is 0 Å². The second-order valence-corrected chi connectivity index (χ2v) is 3.10. The van der Waals surface area contributed by atoms with Crippen LogP contribution in [0.1, 0.15) is 33.1 Å². The molecule has 0 aromatic rings. The first kappa shape index (κ1) is 7.76. The maximum atomic E-state index is 8.58. The first-order valence-corrected chi connectivity index (χ1v) is 3.69. The van der Waals surface area contributed by atoms with Crippen LogP contribution < -0.4 is 0 Å². The SMILES string of the molecule is CC1=CCCCC1(C)OO. The van der Waals surface area contributed by atoms with Crippen LogP contribution in [-0.2, 0) is 4.89 Å². The van der Waals surface area contributed by atoms with Crippen molar-refractivity contribution in [1.82, 2.24) is 0 Å². The lowest BCUT2D eigenvalue weighted by molar-refractivity contribution is -0.308. The van der Waals surface area contributed by atoms with Crippen molar-refractivity contribution in [2.45, 2.75) is 38.7 Å². The van der Waals surface area contributed by atoms with Gasteiger partial charge in [-0.3, -0.25) is 5.26 Å². The van der Waals surface area contributed by atoms with E-state index in [1.54, 1.807) is 0 Å². The fraction of sp³-hybridized carbons (Fsp3) is 0.750. The smallest absolute Gasteiger partial charge is 0.121 e. The molecule has 2 heteroatoms. The molecule has 0 fully saturated rings. The molecule has 0 bridgehead atoms.